The Balaban J connectivity index is 2.03. The third-order valence-corrected chi connectivity index (χ3v) is 6.22. The van der Waals surface area contributed by atoms with E-state index in [1.54, 1.807) is 45.0 Å². The summed E-state index contributed by atoms with van der Waals surface area (Å²) in [7, 11) is 0. The van der Waals surface area contributed by atoms with Crippen molar-refractivity contribution in [3.8, 4) is 5.75 Å². The van der Waals surface area contributed by atoms with Crippen molar-refractivity contribution in [2.24, 2.45) is 0 Å². The van der Waals surface area contributed by atoms with E-state index in [-0.39, 0.29) is 18.1 Å². The number of ether oxygens (including phenoxy) is 1. The molecular formula is C32H39N3O5. The Hall–Kier alpha value is -4.33. The first-order valence-electron chi connectivity index (χ1n) is 13.4. The van der Waals surface area contributed by atoms with Gasteiger partial charge < -0.3 is 25.4 Å². The van der Waals surface area contributed by atoms with Gasteiger partial charge in [-0.15, -0.1) is 0 Å². The average Bonchev–Trinajstić information content (AvgIpc) is 2.88. The number of carbonyl (C=O) groups excluding carboxylic acids is 3. The number of amides is 3. The Morgan fingerprint density at radius 3 is 2.08 bits per heavy atom. The fraction of sp³-hybridized carbons (Fsp3) is 0.344. The summed E-state index contributed by atoms with van der Waals surface area (Å²) in [5, 5.41) is 15.4. The SMILES string of the molecule is Cc1ccccc1NC(=O)C(c1ccccc1)N(C(=O)C(Cc1ccc(O)cc1)NC(=O)OC(C)(C)C)C(C)C. The van der Waals surface area contributed by atoms with Crippen molar-refractivity contribution in [1.82, 2.24) is 10.2 Å². The standard InChI is InChI=1S/C32H39N3O5/c1-21(2)35(28(24-13-8-7-9-14-24)29(37)33-26-15-11-10-12-22(26)3)30(38)27(34-31(39)40-32(4,5)6)20-23-16-18-25(36)19-17-23/h7-19,21,27-28,36H,20H2,1-6H3,(H,33,37)(H,34,39). The molecule has 3 rings (SSSR count). The van der Waals surface area contributed by atoms with E-state index in [0.29, 0.717) is 11.3 Å². The molecule has 3 amide bonds. The molecule has 3 aromatic rings. The molecule has 2 atom stereocenters. The minimum Gasteiger partial charge on any atom is -0.508 e. The van der Waals surface area contributed by atoms with Crippen LogP contribution in [0.2, 0.25) is 0 Å². The number of aryl methyl sites for hydroxylation is 1. The van der Waals surface area contributed by atoms with Crippen molar-refractivity contribution in [2.75, 3.05) is 5.32 Å². The Morgan fingerprint density at radius 1 is 0.900 bits per heavy atom. The predicted molar refractivity (Wildman–Crippen MR) is 156 cm³/mol. The van der Waals surface area contributed by atoms with Crippen molar-refractivity contribution in [1.29, 1.82) is 0 Å². The maximum absolute atomic E-state index is 14.3. The molecule has 40 heavy (non-hydrogen) atoms. The van der Waals surface area contributed by atoms with Gasteiger partial charge in [0.1, 0.15) is 23.4 Å². The fourth-order valence-corrected chi connectivity index (χ4v) is 4.37. The van der Waals surface area contributed by atoms with Crippen molar-refractivity contribution in [3.05, 3.63) is 95.6 Å². The summed E-state index contributed by atoms with van der Waals surface area (Å²) >= 11 is 0. The summed E-state index contributed by atoms with van der Waals surface area (Å²) in [5.41, 5.74) is 2.13. The molecule has 212 valence electrons. The predicted octanol–water partition coefficient (Wildman–Crippen LogP) is 5.75. The first-order chi connectivity index (χ1) is 18.9. The van der Waals surface area contributed by atoms with E-state index in [1.807, 2.05) is 63.2 Å². The van der Waals surface area contributed by atoms with Crippen LogP contribution in [-0.4, -0.2) is 45.6 Å². The highest BCUT2D eigenvalue weighted by Crippen LogP contribution is 2.28. The van der Waals surface area contributed by atoms with E-state index in [9.17, 15) is 19.5 Å². The number of nitrogens with one attached hydrogen (secondary N) is 2. The zero-order chi connectivity index (χ0) is 29.4. The van der Waals surface area contributed by atoms with Crippen molar-refractivity contribution in [2.45, 2.75) is 71.7 Å². The van der Waals surface area contributed by atoms with E-state index in [4.69, 9.17) is 4.74 Å². The monoisotopic (exact) mass is 545 g/mol. The number of para-hydroxylation sites is 1. The van der Waals surface area contributed by atoms with E-state index >= 15 is 0 Å². The summed E-state index contributed by atoms with van der Waals surface area (Å²) in [6, 6.07) is 20.5. The zero-order valence-electron chi connectivity index (χ0n) is 24.0. The number of anilines is 1. The minimum absolute atomic E-state index is 0.0903. The molecule has 0 aliphatic rings. The summed E-state index contributed by atoms with van der Waals surface area (Å²) in [6.07, 6.45) is -0.614. The second-order valence-corrected chi connectivity index (χ2v) is 11.0. The van der Waals surface area contributed by atoms with Crippen LogP contribution in [0.1, 0.15) is 57.4 Å². The Morgan fingerprint density at radius 2 is 1.50 bits per heavy atom. The van der Waals surface area contributed by atoms with Crippen LogP contribution in [0.25, 0.3) is 0 Å². The number of hydrogen-bond donors (Lipinski definition) is 3. The second kappa shape index (κ2) is 13.2. The number of nitrogens with zero attached hydrogens (tertiary/aromatic N) is 1. The average molecular weight is 546 g/mol. The lowest BCUT2D eigenvalue weighted by atomic mass is 9.98. The molecule has 0 heterocycles. The van der Waals surface area contributed by atoms with Gasteiger partial charge in [0.15, 0.2) is 0 Å². The van der Waals surface area contributed by atoms with Crippen LogP contribution in [0.3, 0.4) is 0 Å². The summed E-state index contributed by atoms with van der Waals surface area (Å²) in [6.45, 7) is 10.8. The van der Waals surface area contributed by atoms with Gasteiger partial charge in [-0.2, -0.15) is 0 Å². The number of carbonyl (C=O) groups is 3. The molecule has 2 unspecified atom stereocenters. The molecule has 0 radical (unpaired) electrons. The minimum atomic E-state index is -1.04. The van der Waals surface area contributed by atoms with Crippen LogP contribution >= 0.6 is 0 Å². The van der Waals surface area contributed by atoms with Gasteiger partial charge in [-0.25, -0.2) is 4.79 Å². The van der Waals surface area contributed by atoms with E-state index in [0.717, 1.165) is 11.1 Å². The van der Waals surface area contributed by atoms with Gasteiger partial charge in [-0.3, -0.25) is 9.59 Å². The van der Waals surface area contributed by atoms with Crippen molar-refractivity contribution < 1.29 is 24.2 Å². The number of alkyl carbamates (subject to hydrolysis) is 1. The smallest absolute Gasteiger partial charge is 0.408 e. The number of rotatable bonds is 9. The summed E-state index contributed by atoms with van der Waals surface area (Å²) in [5.74, 6) is -0.724. The second-order valence-electron chi connectivity index (χ2n) is 11.0. The van der Waals surface area contributed by atoms with Gasteiger partial charge in [0.25, 0.3) is 5.91 Å². The lowest BCUT2D eigenvalue weighted by Gasteiger charge is -2.37. The molecule has 8 heteroatoms. The molecule has 3 aromatic carbocycles. The molecule has 0 aromatic heterocycles. The third kappa shape index (κ3) is 8.33. The fourth-order valence-electron chi connectivity index (χ4n) is 4.37. The largest absolute Gasteiger partial charge is 0.508 e. The zero-order valence-corrected chi connectivity index (χ0v) is 24.0. The van der Waals surface area contributed by atoms with Crippen LogP contribution < -0.4 is 10.6 Å². The van der Waals surface area contributed by atoms with E-state index in [2.05, 4.69) is 10.6 Å². The third-order valence-electron chi connectivity index (χ3n) is 6.22. The molecule has 0 fully saturated rings. The van der Waals surface area contributed by atoms with Gasteiger partial charge >= 0.3 is 6.09 Å². The van der Waals surface area contributed by atoms with Crippen LogP contribution in [0.5, 0.6) is 5.75 Å². The molecule has 3 N–H and O–H groups in total. The lowest BCUT2D eigenvalue weighted by Crippen LogP contribution is -2.55. The van der Waals surface area contributed by atoms with E-state index < -0.39 is 35.7 Å². The molecule has 8 nitrogen and oxygen atoms in total. The maximum Gasteiger partial charge on any atom is 0.408 e. The van der Waals surface area contributed by atoms with Crippen molar-refractivity contribution >= 4 is 23.6 Å². The van der Waals surface area contributed by atoms with Crippen LogP contribution in [0.4, 0.5) is 10.5 Å². The molecule has 0 bridgehead atoms. The highest BCUT2D eigenvalue weighted by Gasteiger charge is 2.38. The Bertz CT molecular complexity index is 1300. The number of phenols is 1. The van der Waals surface area contributed by atoms with Gasteiger partial charge in [-0.05, 0) is 76.4 Å². The number of phenolic OH excluding ortho intramolecular Hbond substituents is 1. The quantitative estimate of drug-likeness (QED) is 0.317. The maximum atomic E-state index is 14.3. The van der Waals surface area contributed by atoms with Gasteiger partial charge in [0.2, 0.25) is 5.91 Å². The number of hydrogen-bond acceptors (Lipinski definition) is 5. The van der Waals surface area contributed by atoms with E-state index in [1.165, 1.54) is 17.0 Å². The van der Waals surface area contributed by atoms with Gasteiger partial charge in [0, 0.05) is 18.2 Å². The lowest BCUT2D eigenvalue weighted by molar-refractivity contribution is -0.142. The molecule has 0 aliphatic heterocycles. The van der Waals surface area contributed by atoms with Gasteiger partial charge in [-0.1, -0.05) is 60.7 Å². The Kier molecular flexibility index (Phi) is 9.93. The molecular weight excluding hydrogens is 506 g/mol. The highest BCUT2D eigenvalue weighted by molar-refractivity contribution is 5.99. The van der Waals surface area contributed by atoms with Gasteiger partial charge in [0.05, 0.1) is 0 Å². The Labute approximate surface area is 236 Å². The first kappa shape index (κ1) is 30.2. The van der Waals surface area contributed by atoms with Crippen LogP contribution in [0.15, 0.2) is 78.9 Å². The number of benzene rings is 3. The number of aromatic hydroxyl groups is 1. The molecule has 0 saturated heterocycles. The molecule has 0 spiro atoms. The van der Waals surface area contributed by atoms with Crippen molar-refractivity contribution in [3.63, 3.8) is 0 Å². The summed E-state index contributed by atoms with van der Waals surface area (Å²) < 4.78 is 5.46. The van der Waals surface area contributed by atoms with Crippen LogP contribution in [0, 0.1) is 6.92 Å². The molecule has 0 saturated carbocycles. The summed E-state index contributed by atoms with van der Waals surface area (Å²) in [4.78, 5) is 42.6. The molecule has 0 aliphatic carbocycles. The highest BCUT2D eigenvalue weighted by atomic mass is 16.6. The first-order valence-corrected chi connectivity index (χ1v) is 13.4. The normalized spacial score (nSPS) is 12.8. The topological polar surface area (TPSA) is 108 Å². The van der Waals surface area contributed by atoms with Crippen LogP contribution in [-0.2, 0) is 20.7 Å².